The predicted octanol–water partition coefficient (Wildman–Crippen LogP) is 5.76. The first-order valence-electron chi connectivity index (χ1n) is 10.1. The summed E-state index contributed by atoms with van der Waals surface area (Å²) in [6, 6.07) is 22.0. The van der Waals surface area contributed by atoms with Gasteiger partial charge in [-0.25, -0.2) is 0 Å². The summed E-state index contributed by atoms with van der Waals surface area (Å²) in [5.74, 6) is 0.576. The van der Waals surface area contributed by atoms with Crippen LogP contribution in [-0.2, 0) is 4.79 Å². The Kier molecular flexibility index (Phi) is 6.68. The summed E-state index contributed by atoms with van der Waals surface area (Å²) in [6.07, 6.45) is -0.680. The third kappa shape index (κ3) is 4.95. The maximum atomic E-state index is 12.7. The minimum absolute atomic E-state index is 0.0475. The number of ether oxygens (including phenoxy) is 1. The molecular weight excluding hydrogens is 374 g/mol. The van der Waals surface area contributed by atoms with E-state index in [-0.39, 0.29) is 11.7 Å². The fourth-order valence-electron chi connectivity index (χ4n) is 3.27. The first kappa shape index (κ1) is 21.3. The van der Waals surface area contributed by atoms with Crippen LogP contribution in [0.25, 0.3) is 0 Å². The van der Waals surface area contributed by atoms with Gasteiger partial charge in [0.15, 0.2) is 11.9 Å². The van der Waals surface area contributed by atoms with Crippen molar-refractivity contribution < 1.29 is 14.3 Å². The van der Waals surface area contributed by atoms with Crippen LogP contribution in [0.2, 0.25) is 0 Å². The Morgan fingerprint density at radius 1 is 0.800 bits per heavy atom. The number of carbonyl (C=O) groups is 2. The predicted molar refractivity (Wildman–Crippen MR) is 120 cm³/mol. The van der Waals surface area contributed by atoms with Gasteiger partial charge in [0.25, 0.3) is 5.91 Å². The zero-order valence-corrected chi connectivity index (χ0v) is 17.8. The minimum Gasteiger partial charge on any atom is -0.481 e. The average molecular weight is 402 g/mol. The van der Waals surface area contributed by atoms with Crippen molar-refractivity contribution in [1.29, 1.82) is 0 Å². The molecule has 4 heteroatoms. The third-order valence-corrected chi connectivity index (χ3v) is 5.01. The van der Waals surface area contributed by atoms with Crippen LogP contribution in [0.15, 0.2) is 72.8 Å². The Morgan fingerprint density at radius 2 is 1.43 bits per heavy atom. The number of nitrogens with one attached hydrogen (secondary N) is 1. The molecule has 0 saturated carbocycles. The van der Waals surface area contributed by atoms with Crippen molar-refractivity contribution in [2.75, 3.05) is 5.32 Å². The molecule has 154 valence electrons. The van der Waals surface area contributed by atoms with Crippen LogP contribution in [0.1, 0.15) is 53.7 Å². The molecule has 0 heterocycles. The Hall–Kier alpha value is -3.40. The summed E-state index contributed by atoms with van der Waals surface area (Å²) in [5.41, 5.74) is 4.17. The molecule has 0 unspecified atom stereocenters. The van der Waals surface area contributed by atoms with E-state index in [0.717, 1.165) is 16.8 Å². The third-order valence-electron chi connectivity index (χ3n) is 5.01. The lowest BCUT2D eigenvalue weighted by Crippen LogP contribution is -2.30. The zero-order valence-electron chi connectivity index (χ0n) is 17.8. The van der Waals surface area contributed by atoms with E-state index in [9.17, 15) is 9.59 Å². The van der Waals surface area contributed by atoms with Gasteiger partial charge in [-0.05, 0) is 55.2 Å². The molecule has 0 aliphatic carbocycles. The molecule has 0 aliphatic rings. The van der Waals surface area contributed by atoms with Gasteiger partial charge in [-0.1, -0.05) is 62.4 Å². The van der Waals surface area contributed by atoms with Crippen molar-refractivity contribution in [3.8, 4) is 5.75 Å². The standard InChI is InChI=1S/C26H27NO3/c1-17(2)23-12-8-9-18(3)24(23)27-26(29)19(4)30-22-15-13-21(14-16-22)25(28)20-10-6-5-7-11-20/h5-17,19H,1-4H3,(H,27,29)/t19-/m0/s1. The first-order valence-corrected chi connectivity index (χ1v) is 10.1. The Balaban J connectivity index is 1.67. The monoisotopic (exact) mass is 401 g/mol. The van der Waals surface area contributed by atoms with Crippen LogP contribution in [0.3, 0.4) is 0 Å². The molecule has 0 spiro atoms. The molecule has 0 radical (unpaired) electrons. The normalized spacial score (nSPS) is 11.8. The summed E-state index contributed by atoms with van der Waals surface area (Å²) < 4.78 is 5.81. The van der Waals surface area contributed by atoms with Crippen LogP contribution in [0.4, 0.5) is 5.69 Å². The topological polar surface area (TPSA) is 55.4 Å². The van der Waals surface area contributed by atoms with Crippen LogP contribution in [-0.4, -0.2) is 17.8 Å². The van der Waals surface area contributed by atoms with E-state index in [0.29, 0.717) is 22.8 Å². The van der Waals surface area contributed by atoms with Crippen molar-refractivity contribution >= 4 is 17.4 Å². The van der Waals surface area contributed by atoms with Gasteiger partial charge in [0.05, 0.1) is 0 Å². The molecule has 0 saturated heterocycles. The summed E-state index contributed by atoms with van der Waals surface area (Å²) in [4.78, 5) is 25.2. The lowest BCUT2D eigenvalue weighted by molar-refractivity contribution is -0.122. The molecule has 0 aromatic heterocycles. The molecule has 3 aromatic rings. The summed E-state index contributed by atoms with van der Waals surface area (Å²) in [7, 11) is 0. The number of amides is 1. The highest BCUT2D eigenvalue weighted by atomic mass is 16.5. The average Bonchev–Trinajstić information content (AvgIpc) is 2.75. The van der Waals surface area contributed by atoms with Gasteiger partial charge < -0.3 is 10.1 Å². The molecule has 30 heavy (non-hydrogen) atoms. The first-order chi connectivity index (χ1) is 14.4. The van der Waals surface area contributed by atoms with Crippen molar-refractivity contribution in [2.45, 2.75) is 39.7 Å². The van der Waals surface area contributed by atoms with Crippen LogP contribution in [0, 0.1) is 6.92 Å². The Labute approximate surface area is 177 Å². The molecule has 1 amide bonds. The van der Waals surface area contributed by atoms with Gasteiger partial charge in [-0.3, -0.25) is 9.59 Å². The molecule has 3 rings (SSSR count). The van der Waals surface area contributed by atoms with E-state index in [1.54, 1.807) is 43.3 Å². The van der Waals surface area contributed by atoms with E-state index in [1.165, 1.54) is 0 Å². The van der Waals surface area contributed by atoms with Crippen molar-refractivity contribution in [3.05, 3.63) is 95.1 Å². The molecule has 1 N–H and O–H groups in total. The van der Waals surface area contributed by atoms with Gasteiger partial charge >= 0.3 is 0 Å². The van der Waals surface area contributed by atoms with E-state index in [4.69, 9.17) is 4.74 Å². The number of benzene rings is 3. The van der Waals surface area contributed by atoms with Gasteiger partial charge in [-0.2, -0.15) is 0 Å². The highest BCUT2D eigenvalue weighted by molar-refractivity contribution is 6.09. The second kappa shape index (κ2) is 9.40. The number of ketones is 1. The van der Waals surface area contributed by atoms with Crippen molar-refractivity contribution in [1.82, 2.24) is 0 Å². The summed E-state index contributed by atoms with van der Waals surface area (Å²) >= 11 is 0. The largest absolute Gasteiger partial charge is 0.481 e. The molecule has 0 fully saturated rings. The summed E-state index contributed by atoms with van der Waals surface area (Å²) in [6.45, 7) is 7.90. The van der Waals surface area contributed by atoms with Crippen LogP contribution < -0.4 is 10.1 Å². The van der Waals surface area contributed by atoms with Gasteiger partial charge in [-0.15, -0.1) is 0 Å². The number of carbonyl (C=O) groups excluding carboxylic acids is 2. The number of para-hydroxylation sites is 1. The smallest absolute Gasteiger partial charge is 0.265 e. The molecule has 1 atom stereocenters. The lowest BCUT2D eigenvalue weighted by Gasteiger charge is -2.19. The SMILES string of the molecule is Cc1cccc(C(C)C)c1NC(=O)[C@H](C)Oc1ccc(C(=O)c2ccccc2)cc1. The number of rotatable bonds is 7. The second-order valence-electron chi connectivity index (χ2n) is 7.66. The van der Waals surface area contributed by atoms with Crippen molar-refractivity contribution in [2.24, 2.45) is 0 Å². The molecule has 0 bridgehead atoms. The fourth-order valence-corrected chi connectivity index (χ4v) is 3.27. The minimum atomic E-state index is -0.680. The zero-order chi connectivity index (χ0) is 21.7. The maximum Gasteiger partial charge on any atom is 0.265 e. The number of hydrogen-bond donors (Lipinski definition) is 1. The van der Waals surface area contributed by atoms with Gasteiger partial charge in [0.1, 0.15) is 5.75 Å². The quantitative estimate of drug-likeness (QED) is 0.513. The maximum absolute atomic E-state index is 12.7. The highest BCUT2D eigenvalue weighted by Gasteiger charge is 2.18. The molecule has 0 aliphatic heterocycles. The van der Waals surface area contributed by atoms with Crippen LogP contribution >= 0.6 is 0 Å². The molecular formula is C26H27NO3. The van der Waals surface area contributed by atoms with E-state index in [1.807, 2.05) is 43.3 Å². The van der Waals surface area contributed by atoms with Crippen LogP contribution in [0.5, 0.6) is 5.75 Å². The Morgan fingerprint density at radius 3 is 2.07 bits per heavy atom. The Bertz CT molecular complexity index is 1020. The van der Waals surface area contributed by atoms with E-state index in [2.05, 4.69) is 19.2 Å². The van der Waals surface area contributed by atoms with E-state index < -0.39 is 6.10 Å². The lowest BCUT2D eigenvalue weighted by atomic mass is 9.98. The second-order valence-corrected chi connectivity index (χ2v) is 7.66. The molecule has 3 aromatic carbocycles. The molecule has 4 nitrogen and oxygen atoms in total. The number of anilines is 1. The van der Waals surface area contributed by atoms with Gasteiger partial charge in [0.2, 0.25) is 0 Å². The number of aryl methyl sites for hydroxylation is 1. The number of hydrogen-bond acceptors (Lipinski definition) is 3. The van der Waals surface area contributed by atoms with Crippen molar-refractivity contribution in [3.63, 3.8) is 0 Å². The van der Waals surface area contributed by atoms with E-state index >= 15 is 0 Å². The highest BCUT2D eigenvalue weighted by Crippen LogP contribution is 2.27. The fraction of sp³-hybridized carbons (Fsp3) is 0.231. The summed E-state index contributed by atoms with van der Waals surface area (Å²) in [5, 5.41) is 3.01. The van der Waals surface area contributed by atoms with Gasteiger partial charge in [0, 0.05) is 16.8 Å².